The molecule has 5 amide bonds. The summed E-state index contributed by atoms with van der Waals surface area (Å²) in [6.45, 7) is 1.78. The molecule has 1 saturated carbocycles. The van der Waals surface area contributed by atoms with Crippen LogP contribution in [0.15, 0.2) is 42.5 Å². The minimum atomic E-state index is -0.909. The molecule has 2 aliphatic rings. The molecule has 7 heteroatoms. The molecule has 7 nitrogen and oxygen atoms in total. The number of hydrogen-bond acceptors (Lipinski definition) is 4. The van der Waals surface area contributed by atoms with Crippen molar-refractivity contribution in [2.75, 3.05) is 18.0 Å². The molecule has 0 N–H and O–H groups in total. The number of urea groups is 1. The van der Waals surface area contributed by atoms with Crippen LogP contribution in [0.25, 0.3) is 10.8 Å². The molecule has 0 unspecified atom stereocenters. The van der Waals surface area contributed by atoms with Crippen molar-refractivity contribution in [1.29, 1.82) is 0 Å². The van der Waals surface area contributed by atoms with Crippen LogP contribution in [-0.4, -0.2) is 52.7 Å². The summed E-state index contributed by atoms with van der Waals surface area (Å²) in [6, 6.07) is 12.5. The highest BCUT2D eigenvalue weighted by Gasteiger charge is 2.48. The third kappa shape index (κ3) is 3.44. The van der Waals surface area contributed by atoms with Crippen LogP contribution in [0.1, 0.15) is 39.0 Å². The Labute approximate surface area is 175 Å². The van der Waals surface area contributed by atoms with E-state index < -0.39 is 30.3 Å². The van der Waals surface area contributed by atoms with Crippen LogP contribution >= 0.6 is 0 Å². The molecule has 2 aromatic carbocycles. The van der Waals surface area contributed by atoms with Gasteiger partial charge in [-0.2, -0.15) is 0 Å². The number of hydrogen-bond donors (Lipinski definition) is 0. The number of imide groups is 2. The maximum absolute atomic E-state index is 13.1. The number of rotatable bonds is 5. The molecule has 2 aromatic rings. The molecule has 1 aliphatic heterocycles. The summed E-state index contributed by atoms with van der Waals surface area (Å²) in [7, 11) is 0. The van der Waals surface area contributed by atoms with Crippen molar-refractivity contribution in [2.24, 2.45) is 0 Å². The van der Waals surface area contributed by atoms with Gasteiger partial charge in [0.2, 0.25) is 5.91 Å². The fourth-order valence-corrected chi connectivity index (χ4v) is 4.47. The number of benzene rings is 2. The molecular formula is C23H25N3O4. The first-order valence-corrected chi connectivity index (χ1v) is 10.5. The van der Waals surface area contributed by atoms with Crippen molar-refractivity contribution in [3.63, 3.8) is 0 Å². The molecule has 0 radical (unpaired) electrons. The van der Waals surface area contributed by atoms with Gasteiger partial charge in [-0.3, -0.25) is 19.3 Å². The Bertz CT molecular complexity index is 1010. The standard InChI is InChI=1S/C23H25N3O4/c1-2-24(19-14-8-10-16-9-6-7-13-18(16)19)20(27)15-25-21(28)22(29)26(23(25)30)17-11-4-3-5-12-17/h6-10,13-14,17H,2-5,11-12,15H2,1H3. The number of likely N-dealkylation sites (N-methyl/N-ethyl adjacent to an activating group) is 1. The summed E-state index contributed by atoms with van der Waals surface area (Å²) in [4.78, 5) is 54.4. The minimum Gasteiger partial charge on any atom is -0.311 e. The van der Waals surface area contributed by atoms with Gasteiger partial charge in [-0.15, -0.1) is 0 Å². The smallest absolute Gasteiger partial charge is 0.311 e. The quantitative estimate of drug-likeness (QED) is 0.563. The van der Waals surface area contributed by atoms with E-state index >= 15 is 0 Å². The molecule has 156 valence electrons. The van der Waals surface area contributed by atoms with Crippen LogP contribution in [0.5, 0.6) is 0 Å². The second-order valence-corrected chi connectivity index (χ2v) is 7.78. The van der Waals surface area contributed by atoms with E-state index in [1.165, 1.54) is 0 Å². The molecule has 1 saturated heterocycles. The monoisotopic (exact) mass is 407 g/mol. The first-order chi connectivity index (χ1) is 14.5. The molecule has 30 heavy (non-hydrogen) atoms. The topological polar surface area (TPSA) is 78.0 Å². The fourth-order valence-electron chi connectivity index (χ4n) is 4.47. The molecule has 0 aromatic heterocycles. The molecule has 0 bridgehead atoms. The Balaban J connectivity index is 1.56. The van der Waals surface area contributed by atoms with Crippen molar-refractivity contribution in [1.82, 2.24) is 9.80 Å². The first-order valence-electron chi connectivity index (χ1n) is 10.5. The van der Waals surface area contributed by atoms with E-state index in [1.54, 1.807) is 4.90 Å². The Kier molecular flexibility index (Phi) is 5.53. The Hall–Kier alpha value is -3.22. The lowest BCUT2D eigenvalue weighted by molar-refractivity contribution is -0.144. The minimum absolute atomic E-state index is 0.247. The second-order valence-electron chi connectivity index (χ2n) is 7.78. The van der Waals surface area contributed by atoms with Crippen molar-refractivity contribution in [3.8, 4) is 0 Å². The molecule has 1 heterocycles. The third-order valence-corrected chi connectivity index (χ3v) is 5.99. The summed E-state index contributed by atoms with van der Waals surface area (Å²) in [5, 5.41) is 1.91. The van der Waals surface area contributed by atoms with Crippen LogP contribution in [0.3, 0.4) is 0 Å². The SMILES string of the molecule is CCN(C(=O)CN1C(=O)C(=O)N(C2CCCCC2)C1=O)c1cccc2ccccc12. The normalized spacial score (nSPS) is 17.8. The van der Waals surface area contributed by atoms with Gasteiger partial charge in [-0.05, 0) is 31.2 Å². The van der Waals surface area contributed by atoms with Crippen LogP contribution in [0, 0.1) is 0 Å². The maximum atomic E-state index is 13.1. The molecular weight excluding hydrogens is 382 g/mol. The zero-order valence-electron chi connectivity index (χ0n) is 17.0. The Morgan fingerprint density at radius 3 is 2.40 bits per heavy atom. The Morgan fingerprint density at radius 1 is 0.967 bits per heavy atom. The number of amides is 5. The third-order valence-electron chi connectivity index (χ3n) is 5.99. The highest BCUT2D eigenvalue weighted by atomic mass is 16.2. The van der Waals surface area contributed by atoms with Gasteiger partial charge in [0, 0.05) is 18.0 Å². The molecule has 4 rings (SSSR count). The number of anilines is 1. The van der Waals surface area contributed by atoms with Crippen molar-refractivity contribution < 1.29 is 19.2 Å². The van der Waals surface area contributed by atoms with Gasteiger partial charge in [0.25, 0.3) is 0 Å². The molecule has 0 atom stereocenters. The lowest BCUT2D eigenvalue weighted by Crippen LogP contribution is -2.45. The van der Waals surface area contributed by atoms with Crippen LogP contribution in [0.4, 0.5) is 10.5 Å². The Morgan fingerprint density at radius 2 is 1.67 bits per heavy atom. The zero-order valence-corrected chi connectivity index (χ0v) is 17.0. The number of carbonyl (C=O) groups is 4. The summed E-state index contributed by atoms with van der Waals surface area (Å²) < 4.78 is 0. The maximum Gasteiger partial charge on any atom is 0.334 e. The van der Waals surface area contributed by atoms with Gasteiger partial charge >= 0.3 is 17.8 Å². The lowest BCUT2D eigenvalue weighted by Gasteiger charge is -2.29. The predicted octanol–water partition coefficient (Wildman–Crippen LogP) is 3.32. The molecule has 2 fully saturated rings. The van der Waals surface area contributed by atoms with Gasteiger partial charge in [0.1, 0.15) is 6.54 Å². The van der Waals surface area contributed by atoms with Gasteiger partial charge < -0.3 is 4.90 Å². The van der Waals surface area contributed by atoms with Crippen molar-refractivity contribution in [2.45, 2.75) is 45.1 Å². The second kappa shape index (κ2) is 8.26. The van der Waals surface area contributed by atoms with Gasteiger partial charge in [0.05, 0.1) is 5.69 Å². The summed E-state index contributed by atoms with van der Waals surface area (Å²) in [5.74, 6) is -2.12. The highest BCUT2D eigenvalue weighted by Crippen LogP contribution is 2.29. The summed E-state index contributed by atoms with van der Waals surface area (Å²) in [6.07, 6.45) is 4.35. The summed E-state index contributed by atoms with van der Waals surface area (Å²) >= 11 is 0. The van der Waals surface area contributed by atoms with Gasteiger partial charge in [-0.25, -0.2) is 9.69 Å². The van der Waals surface area contributed by atoms with E-state index in [-0.39, 0.29) is 6.04 Å². The number of nitrogens with zero attached hydrogens (tertiary/aromatic N) is 3. The van der Waals surface area contributed by atoms with E-state index in [9.17, 15) is 19.2 Å². The average Bonchev–Trinajstić information content (AvgIpc) is 2.98. The van der Waals surface area contributed by atoms with Crippen LogP contribution in [0.2, 0.25) is 0 Å². The number of fused-ring (bicyclic) bond motifs is 1. The molecule has 1 aliphatic carbocycles. The number of carbonyl (C=O) groups excluding carboxylic acids is 4. The van der Waals surface area contributed by atoms with Gasteiger partial charge in [0.15, 0.2) is 0 Å². The van der Waals surface area contributed by atoms with E-state index in [0.29, 0.717) is 19.4 Å². The van der Waals surface area contributed by atoms with Crippen LogP contribution in [-0.2, 0) is 14.4 Å². The van der Waals surface area contributed by atoms with Crippen molar-refractivity contribution >= 4 is 40.2 Å². The predicted molar refractivity (Wildman–Crippen MR) is 113 cm³/mol. The van der Waals surface area contributed by atoms with E-state index in [0.717, 1.165) is 45.5 Å². The van der Waals surface area contributed by atoms with E-state index in [1.807, 2.05) is 49.4 Å². The molecule has 0 spiro atoms. The highest BCUT2D eigenvalue weighted by molar-refractivity contribution is 6.45. The zero-order chi connectivity index (χ0) is 21.3. The largest absolute Gasteiger partial charge is 0.334 e. The first kappa shape index (κ1) is 20.1. The van der Waals surface area contributed by atoms with Crippen molar-refractivity contribution in [3.05, 3.63) is 42.5 Å². The fraction of sp³-hybridized carbons (Fsp3) is 0.391. The lowest BCUT2D eigenvalue weighted by atomic mass is 9.94. The summed E-state index contributed by atoms with van der Waals surface area (Å²) in [5.41, 5.74) is 0.718. The van der Waals surface area contributed by atoms with Crippen LogP contribution < -0.4 is 4.90 Å². The van der Waals surface area contributed by atoms with E-state index in [2.05, 4.69) is 0 Å². The van der Waals surface area contributed by atoms with E-state index in [4.69, 9.17) is 0 Å². The van der Waals surface area contributed by atoms with Gasteiger partial charge in [-0.1, -0.05) is 55.7 Å². The average molecular weight is 407 g/mol.